The summed E-state index contributed by atoms with van der Waals surface area (Å²) in [6.07, 6.45) is 1.48. The molecule has 4 N–H and O–H groups in total. The molecule has 33 heavy (non-hydrogen) atoms. The van der Waals surface area contributed by atoms with Crippen LogP contribution < -0.4 is 16.0 Å². The Kier molecular flexibility index (Phi) is 6.94. The van der Waals surface area contributed by atoms with Gasteiger partial charge in [-0.2, -0.15) is 13.2 Å². The number of nitrogens with one attached hydrogen (secondary N) is 3. The summed E-state index contributed by atoms with van der Waals surface area (Å²) in [4.78, 5) is 24.4. The maximum Gasteiger partial charge on any atom is 0.405 e. The van der Waals surface area contributed by atoms with Crippen LogP contribution in [0.25, 0.3) is 10.2 Å². The minimum Gasteiger partial charge on any atom is -0.391 e. The smallest absolute Gasteiger partial charge is 0.391 e. The lowest BCUT2D eigenvalue weighted by Crippen LogP contribution is -2.36. The normalized spacial score (nSPS) is 18.8. The highest BCUT2D eigenvalue weighted by Crippen LogP contribution is 2.30. The molecule has 2 atom stereocenters. The Bertz CT molecular complexity index is 1120. The molecule has 12 heteroatoms. The van der Waals surface area contributed by atoms with Crippen LogP contribution in [0.3, 0.4) is 0 Å². The van der Waals surface area contributed by atoms with Crippen molar-refractivity contribution in [3.05, 3.63) is 41.9 Å². The van der Waals surface area contributed by atoms with Gasteiger partial charge in [0.1, 0.15) is 18.1 Å². The lowest BCUT2D eigenvalue weighted by molar-refractivity contribution is -0.123. The number of nitrogens with zero attached hydrogens (tertiary/aromatic N) is 3. The quantitative estimate of drug-likeness (QED) is 0.408. The van der Waals surface area contributed by atoms with Crippen molar-refractivity contribution in [3.63, 3.8) is 0 Å². The van der Waals surface area contributed by atoms with Gasteiger partial charge < -0.3 is 21.1 Å². The molecule has 1 saturated carbocycles. The molecule has 1 aliphatic carbocycles. The number of aliphatic hydroxyl groups is 1. The van der Waals surface area contributed by atoms with E-state index in [1.165, 1.54) is 17.5 Å². The van der Waals surface area contributed by atoms with Gasteiger partial charge in [0.2, 0.25) is 0 Å². The number of hydrogen-bond acceptors (Lipinski definition) is 8. The number of anilines is 2. The van der Waals surface area contributed by atoms with Crippen molar-refractivity contribution >= 4 is 38.4 Å². The summed E-state index contributed by atoms with van der Waals surface area (Å²) >= 11 is 1.51. The van der Waals surface area contributed by atoms with Gasteiger partial charge >= 0.3 is 6.18 Å². The molecule has 2 heterocycles. The second-order valence-electron chi connectivity index (χ2n) is 7.86. The van der Waals surface area contributed by atoms with Crippen LogP contribution in [-0.4, -0.2) is 50.8 Å². The second-order valence-corrected chi connectivity index (χ2v) is 8.90. The van der Waals surface area contributed by atoms with E-state index in [1.54, 1.807) is 5.32 Å². The van der Waals surface area contributed by atoms with Crippen LogP contribution in [0.5, 0.6) is 0 Å². The van der Waals surface area contributed by atoms with E-state index in [2.05, 4.69) is 25.6 Å². The second kappa shape index (κ2) is 9.87. The van der Waals surface area contributed by atoms with Crippen LogP contribution >= 0.6 is 11.3 Å². The van der Waals surface area contributed by atoms with Gasteiger partial charge in [0.15, 0.2) is 5.13 Å². The van der Waals surface area contributed by atoms with Crippen LogP contribution in [0.2, 0.25) is 0 Å². The average molecular weight is 481 g/mol. The first-order valence-corrected chi connectivity index (χ1v) is 11.3. The molecule has 1 amide bonds. The van der Waals surface area contributed by atoms with Gasteiger partial charge in [-0.05, 0) is 30.5 Å². The number of fused-ring (bicyclic) bond motifs is 1. The average Bonchev–Trinajstić information content (AvgIpc) is 3.19. The predicted molar refractivity (Wildman–Crippen MR) is 119 cm³/mol. The van der Waals surface area contributed by atoms with Crippen LogP contribution in [0.15, 0.2) is 30.6 Å². The third kappa shape index (κ3) is 6.29. The van der Waals surface area contributed by atoms with Crippen molar-refractivity contribution in [1.82, 2.24) is 20.3 Å². The summed E-state index contributed by atoms with van der Waals surface area (Å²) in [6, 6.07) is 5.80. The van der Waals surface area contributed by atoms with E-state index < -0.39 is 18.6 Å². The van der Waals surface area contributed by atoms with Crippen LogP contribution in [-0.2, 0) is 6.54 Å². The van der Waals surface area contributed by atoms with E-state index in [0.29, 0.717) is 6.54 Å². The number of aliphatic hydroxyl groups excluding tert-OH is 1. The van der Waals surface area contributed by atoms with Crippen molar-refractivity contribution in [3.8, 4) is 0 Å². The molecular formula is C21H23F3N6O2S. The van der Waals surface area contributed by atoms with Gasteiger partial charge in [0, 0.05) is 6.54 Å². The Morgan fingerprint density at radius 1 is 1.18 bits per heavy atom. The zero-order valence-electron chi connectivity index (χ0n) is 17.5. The fourth-order valence-corrected chi connectivity index (χ4v) is 4.59. The maximum absolute atomic E-state index is 12.3. The molecule has 0 radical (unpaired) electrons. The molecule has 0 unspecified atom stereocenters. The highest BCUT2D eigenvalue weighted by atomic mass is 32.1. The monoisotopic (exact) mass is 480 g/mol. The van der Waals surface area contributed by atoms with Gasteiger partial charge in [0.05, 0.1) is 34.8 Å². The zero-order chi connectivity index (χ0) is 23.4. The standard InChI is InChI=1S/C21H23F3N6O2S/c22-21(23,24)11-27-19(32)15-9-25-10-18(28-15)26-8-12-5-6-14-17(7-12)33-20(30-14)29-13-3-1-2-4-16(13)31/h5-7,9-10,13,16,31H,1-4,8,11H2,(H,26,28)(H,27,32)(H,29,30)/t13-,16-/m1/s1. The third-order valence-corrected chi connectivity index (χ3v) is 6.23. The summed E-state index contributed by atoms with van der Waals surface area (Å²) in [6.45, 7) is -1.06. The number of thiazole rings is 1. The molecule has 1 fully saturated rings. The minimum atomic E-state index is -4.50. The molecule has 1 aliphatic rings. The largest absolute Gasteiger partial charge is 0.405 e. The Morgan fingerprint density at radius 2 is 2.00 bits per heavy atom. The minimum absolute atomic E-state index is 0.0135. The molecule has 0 bridgehead atoms. The number of benzene rings is 1. The molecule has 3 aromatic rings. The third-order valence-electron chi connectivity index (χ3n) is 5.28. The molecule has 0 saturated heterocycles. The SMILES string of the molecule is O=C(NCC(F)(F)F)c1cncc(NCc2ccc3nc(N[C@@H]4CCCC[C@H]4O)sc3c2)n1. The van der Waals surface area contributed by atoms with Gasteiger partial charge in [-0.25, -0.2) is 9.97 Å². The van der Waals surface area contributed by atoms with Gasteiger partial charge in [-0.15, -0.1) is 0 Å². The van der Waals surface area contributed by atoms with Crippen molar-refractivity contribution in [2.24, 2.45) is 0 Å². The predicted octanol–water partition coefficient (Wildman–Crippen LogP) is 3.71. The van der Waals surface area contributed by atoms with E-state index in [4.69, 9.17) is 0 Å². The fraction of sp³-hybridized carbons (Fsp3) is 0.429. The molecule has 4 rings (SSSR count). The van der Waals surface area contributed by atoms with Gasteiger partial charge in [-0.1, -0.05) is 30.2 Å². The topological polar surface area (TPSA) is 112 Å². The number of rotatable bonds is 7. The summed E-state index contributed by atoms with van der Waals surface area (Å²) in [5.74, 6) is -0.676. The molecule has 2 aromatic heterocycles. The van der Waals surface area contributed by atoms with E-state index in [9.17, 15) is 23.1 Å². The summed E-state index contributed by atoms with van der Waals surface area (Å²) in [5, 5.41) is 19.1. The number of halogens is 3. The Morgan fingerprint density at radius 3 is 2.79 bits per heavy atom. The summed E-state index contributed by atoms with van der Waals surface area (Å²) in [7, 11) is 0. The Labute approximate surface area is 191 Å². The van der Waals surface area contributed by atoms with E-state index in [0.717, 1.165) is 52.8 Å². The van der Waals surface area contributed by atoms with Crippen molar-refractivity contribution < 1.29 is 23.1 Å². The van der Waals surface area contributed by atoms with Crippen LogP contribution in [0.4, 0.5) is 24.1 Å². The van der Waals surface area contributed by atoms with Crippen molar-refractivity contribution in [1.29, 1.82) is 0 Å². The fourth-order valence-electron chi connectivity index (χ4n) is 3.60. The Hall–Kier alpha value is -2.99. The first kappa shape index (κ1) is 23.2. The first-order chi connectivity index (χ1) is 15.8. The number of carbonyl (C=O) groups is 1. The van der Waals surface area contributed by atoms with Crippen molar-refractivity contribution in [2.45, 2.75) is 50.6 Å². The molecule has 176 valence electrons. The van der Waals surface area contributed by atoms with Gasteiger partial charge in [0.25, 0.3) is 5.91 Å². The number of hydrogen-bond donors (Lipinski definition) is 4. The number of aromatic nitrogens is 3. The van der Waals surface area contributed by atoms with Gasteiger partial charge in [-0.3, -0.25) is 9.78 Å². The maximum atomic E-state index is 12.3. The number of carbonyl (C=O) groups excluding carboxylic acids is 1. The molecule has 0 aliphatic heterocycles. The molecule has 8 nitrogen and oxygen atoms in total. The lowest BCUT2D eigenvalue weighted by atomic mass is 9.93. The molecular weight excluding hydrogens is 457 g/mol. The van der Waals surface area contributed by atoms with Crippen LogP contribution in [0, 0.1) is 0 Å². The lowest BCUT2D eigenvalue weighted by Gasteiger charge is -2.27. The van der Waals surface area contributed by atoms with E-state index >= 15 is 0 Å². The first-order valence-electron chi connectivity index (χ1n) is 10.5. The zero-order valence-corrected chi connectivity index (χ0v) is 18.3. The summed E-state index contributed by atoms with van der Waals surface area (Å²) in [5.41, 5.74) is 1.58. The number of amides is 1. The Balaban J connectivity index is 1.37. The van der Waals surface area contributed by atoms with Crippen molar-refractivity contribution in [2.75, 3.05) is 17.2 Å². The van der Waals surface area contributed by atoms with E-state index in [1.807, 2.05) is 18.2 Å². The molecule has 0 spiro atoms. The van der Waals surface area contributed by atoms with Crippen LogP contribution in [0.1, 0.15) is 41.7 Å². The molecule has 1 aromatic carbocycles. The highest BCUT2D eigenvalue weighted by Gasteiger charge is 2.28. The van der Waals surface area contributed by atoms with E-state index in [-0.39, 0.29) is 23.7 Å². The summed E-state index contributed by atoms with van der Waals surface area (Å²) < 4.78 is 37.8. The highest BCUT2D eigenvalue weighted by molar-refractivity contribution is 7.22. The number of alkyl halides is 3.